The maximum absolute atomic E-state index is 12.3. The first-order valence-corrected chi connectivity index (χ1v) is 8.15. The van der Waals surface area contributed by atoms with Crippen LogP contribution in [0.15, 0.2) is 0 Å². The number of amides is 1. The van der Waals surface area contributed by atoms with Crippen molar-refractivity contribution in [2.45, 2.75) is 56.1 Å². The van der Waals surface area contributed by atoms with Gasteiger partial charge in [0.2, 0.25) is 0 Å². The molecule has 118 valence electrons. The molecule has 7 atom stereocenters. The molecule has 6 heteroatoms. The number of nitrogens with zero attached hydrogens (tertiary/aromatic N) is 2. The summed E-state index contributed by atoms with van der Waals surface area (Å²) in [5.74, 6) is -0.0751. The molecule has 0 saturated carbocycles. The van der Waals surface area contributed by atoms with E-state index in [-0.39, 0.29) is 42.0 Å². The largest absolute Gasteiger partial charge is 0.393 e. The summed E-state index contributed by atoms with van der Waals surface area (Å²) in [4.78, 5) is 16.5. The van der Waals surface area contributed by atoms with Gasteiger partial charge in [-0.25, -0.2) is 0 Å². The average Bonchev–Trinajstić information content (AvgIpc) is 2.45. The van der Waals surface area contributed by atoms with Gasteiger partial charge in [0.1, 0.15) is 6.10 Å². The molecule has 0 spiro atoms. The Morgan fingerprint density at radius 2 is 1.71 bits per heavy atom. The highest BCUT2D eigenvalue weighted by Crippen LogP contribution is 2.43. The van der Waals surface area contributed by atoms with Crippen LogP contribution in [0.2, 0.25) is 0 Å². The Morgan fingerprint density at radius 3 is 2.52 bits per heavy atom. The normalized spacial score (nSPS) is 50.5. The van der Waals surface area contributed by atoms with Crippen molar-refractivity contribution in [2.75, 3.05) is 19.6 Å². The minimum Gasteiger partial charge on any atom is -0.393 e. The fourth-order valence-corrected chi connectivity index (χ4v) is 5.06. The summed E-state index contributed by atoms with van der Waals surface area (Å²) in [5.41, 5.74) is 0. The van der Waals surface area contributed by atoms with Gasteiger partial charge in [-0.2, -0.15) is 0 Å². The lowest BCUT2D eigenvalue weighted by Gasteiger charge is -2.59. The fourth-order valence-electron chi connectivity index (χ4n) is 5.06. The topological polar surface area (TPSA) is 84.2 Å². The van der Waals surface area contributed by atoms with E-state index in [9.17, 15) is 20.1 Å². The second-order valence-electron chi connectivity index (χ2n) is 7.21. The molecule has 0 aromatic rings. The summed E-state index contributed by atoms with van der Waals surface area (Å²) in [6.07, 6.45) is 1.22. The molecule has 0 aliphatic carbocycles. The van der Waals surface area contributed by atoms with E-state index in [1.165, 1.54) is 0 Å². The van der Waals surface area contributed by atoms with Gasteiger partial charge in [-0.1, -0.05) is 0 Å². The number of carbonyl (C=O) groups is 1. The first-order chi connectivity index (χ1) is 10.1. The maximum atomic E-state index is 12.3. The van der Waals surface area contributed by atoms with Gasteiger partial charge in [-0.3, -0.25) is 9.69 Å². The van der Waals surface area contributed by atoms with Crippen molar-refractivity contribution < 1.29 is 20.1 Å². The van der Waals surface area contributed by atoms with E-state index in [0.717, 1.165) is 25.9 Å². The molecule has 4 fully saturated rings. The Bertz CT molecular complexity index is 445. The van der Waals surface area contributed by atoms with Gasteiger partial charge in [0.25, 0.3) is 5.91 Å². The van der Waals surface area contributed by atoms with Gasteiger partial charge in [0.15, 0.2) is 0 Å². The van der Waals surface area contributed by atoms with Crippen molar-refractivity contribution in [3.63, 3.8) is 0 Å². The van der Waals surface area contributed by atoms with Crippen molar-refractivity contribution in [3.8, 4) is 0 Å². The van der Waals surface area contributed by atoms with Crippen molar-refractivity contribution in [1.82, 2.24) is 9.80 Å². The number of fused-ring (bicyclic) bond motifs is 6. The lowest BCUT2D eigenvalue weighted by atomic mass is 9.68. The van der Waals surface area contributed by atoms with E-state index in [1.807, 2.05) is 4.90 Å². The van der Waals surface area contributed by atoms with Gasteiger partial charge < -0.3 is 20.2 Å². The Balaban J connectivity index is 1.62. The number of piperidine rings is 4. The first kappa shape index (κ1) is 13.9. The number of hydrogen-bond donors (Lipinski definition) is 3. The Labute approximate surface area is 124 Å². The third-order valence-corrected chi connectivity index (χ3v) is 6.16. The molecule has 4 heterocycles. The van der Waals surface area contributed by atoms with Gasteiger partial charge in [0, 0.05) is 43.6 Å². The predicted molar refractivity (Wildman–Crippen MR) is 74.3 cm³/mol. The molecule has 2 bridgehead atoms. The van der Waals surface area contributed by atoms with Crippen molar-refractivity contribution >= 4 is 5.91 Å². The maximum Gasteiger partial charge on any atom is 0.251 e. The minimum atomic E-state index is -0.870. The molecule has 1 amide bonds. The summed E-state index contributed by atoms with van der Waals surface area (Å²) >= 11 is 0. The third kappa shape index (κ3) is 2.04. The van der Waals surface area contributed by atoms with E-state index in [4.69, 9.17) is 0 Å². The van der Waals surface area contributed by atoms with Crippen molar-refractivity contribution in [1.29, 1.82) is 0 Å². The summed E-state index contributed by atoms with van der Waals surface area (Å²) in [5, 5.41) is 30.4. The highest BCUT2D eigenvalue weighted by molar-refractivity contribution is 5.82. The summed E-state index contributed by atoms with van der Waals surface area (Å²) < 4.78 is 0. The van der Waals surface area contributed by atoms with Crippen LogP contribution in [0, 0.1) is 11.8 Å². The van der Waals surface area contributed by atoms with Crippen LogP contribution in [0.1, 0.15) is 25.7 Å². The highest BCUT2D eigenvalue weighted by atomic mass is 16.3. The van der Waals surface area contributed by atoms with Crippen molar-refractivity contribution in [2.24, 2.45) is 11.8 Å². The van der Waals surface area contributed by atoms with Crippen molar-refractivity contribution in [3.05, 3.63) is 0 Å². The lowest BCUT2D eigenvalue weighted by Crippen LogP contribution is -2.71. The number of rotatable bonds is 0. The molecule has 0 aromatic carbocycles. The van der Waals surface area contributed by atoms with Crippen LogP contribution in [0.3, 0.4) is 0 Å². The Hall–Kier alpha value is -0.690. The Morgan fingerprint density at radius 1 is 0.952 bits per heavy atom. The molecule has 3 N–H and O–H groups in total. The predicted octanol–water partition coefficient (Wildman–Crippen LogP) is -1.22. The van der Waals surface area contributed by atoms with E-state index < -0.39 is 6.10 Å². The van der Waals surface area contributed by atoms with Gasteiger partial charge in [-0.05, 0) is 25.7 Å². The molecular formula is C15H24N2O4. The summed E-state index contributed by atoms with van der Waals surface area (Å²) in [7, 11) is 0. The Kier molecular flexibility index (Phi) is 3.26. The van der Waals surface area contributed by atoms with Crippen LogP contribution in [0.25, 0.3) is 0 Å². The van der Waals surface area contributed by atoms with Crippen LogP contribution >= 0.6 is 0 Å². The van der Waals surface area contributed by atoms with Gasteiger partial charge in [-0.15, -0.1) is 0 Å². The smallest absolute Gasteiger partial charge is 0.251 e. The fraction of sp³-hybridized carbons (Fsp3) is 0.933. The number of hydrogen-bond acceptors (Lipinski definition) is 5. The molecule has 6 nitrogen and oxygen atoms in total. The quantitative estimate of drug-likeness (QED) is 0.522. The summed E-state index contributed by atoms with van der Waals surface area (Å²) in [6, 6.07) is 0.229. The van der Waals surface area contributed by atoms with E-state index in [1.54, 1.807) is 0 Å². The standard InChI is InChI=1S/C15H24N2O4/c18-8-3-4-16-6-9-11-1-2-13(19)15(21)17(11)7-10(14(9)20)12(16)5-8/h8-14,18-20H,1-7H2/t8-,9-,10-,11+,12-,13-,14-/m0/s1. The molecule has 0 unspecified atom stereocenters. The minimum absolute atomic E-state index is 0.00389. The van der Waals surface area contributed by atoms with Crippen LogP contribution in [0.5, 0.6) is 0 Å². The SMILES string of the molecule is O=C1[C@@H](O)CC[C@@H]2[C@@H]3CN4CC[C@H](O)C[C@H]4[C@H](CN12)[C@H]3O. The van der Waals surface area contributed by atoms with E-state index in [2.05, 4.69) is 4.90 Å². The number of aliphatic hydroxyl groups excluding tert-OH is 3. The molecule has 4 rings (SSSR count). The van der Waals surface area contributed by atoms with Crippen LogP contribution in [0.4, 0.5) is 0 Å². The molecule has 0 aromatic heterocycles. The third-order valence-electron chi connectivity index (χ3n) is 6.16. The molecule has 21 heavy (non-hydrogen) atoms. The molecule has 4 saturated heterocycles. The van der Waals surface area contributed by atoms with Gasteiger partial charge in [0.05, 0.1) is 12.2 Å². The second-order valence-corrected chi connectivity index (χ2v) is 7.21. The zero-order chi connectivity index (χ0) is 14.7. The van der Waals surface area contributed by atoms with Gasteiger partial charge >= 0.3 is 0 Å². The van der Waals surface area contributed by atoms with Crippen LogP contribution in [-0.2, 0) is 4.79 Å². The number of carbonyl (C=O) groups excluding carboxylic acids is 1. The molecule has 4 aliphatic rings. The van der Waals surface area contributed by atoms with Crippen LogP contribution in [-0.4, -0.2) is 81.1 Å². The van der Waals surface area contributed by atoms with E-state index in [0.29, 0.717) is 19.4 Å². The second kappa shape index (κ2) is 4.91. The molecular weight excluding hydrogens is 272 g/mol. The first-order valence-electron chi connectivity index (χ1n) is 8.15. The zero-order valence-corrected chi connectivity index (χ0v) is 12.1. The highest BCUT2D eigenvalue weighted by Gasteiger charge is 2.54. The average molecular weight is 296 g/mol. The summed E-state index contributed by atoms with van der Waals surface area (Å²) in [6.45, 7) is 2.21. The lowest BCUT2D eigenvalue weighted by molar-refractivity contribution is -0.181. The molecule has 0 radical (unpaired) electrons. The monoisotopic (exact) mass is 296 g/mol. The van der Waals surface area contributed by atoms with Crippen LogP contribution < -0.4 is 0 Å². The number of aliphatic hydroxyl groups is 3. The molecule has 4 aliphatic heterocycles. The van der Waals surface area contributed by atoms with E-state index >= 15 is 0 Å². The zero-order valence-electron chi connectivity index (χ0n) is 12.1.